The quantitative estimate of drug-likeness (QED) is 0.780. The monoisotopic (exact) mass is 310 g/mol. The van der Waals surface area contributed by atoms with Crippen LogP contribution in [0.4, 0.5) is 0 Å². The Morgan fingerprint density at radius 1 is 1.20 bits per heavy atom. The molecule has 1 aromatic carbocycles. The lowest BCUT2D eigenvalue weighted by Crippen LogP contribution is -2.26. The van der Waals surface area contributed by atoms with Crippen LogP contribution in [-0.2, 0) is 0 Å². The summed E-state index contributed by atoms with van der Waals surface area (Å²) in [4.78, 5) is 7.02. The normalized spacial score (nSPS) is 17.4. The minimum Gasteiger partial charge on any atom is -0.431 e. The smallest absolute Gasteiger partial charge is 0.256 e. The van der Waals surface area contributed by atoms with Crippen molar-refractivity contribution in [2.75, 3.05) is 25.4 Å². The number of nitrogens with zero attached hydrogens (tertiary/aromatic N) is 2. The maximum atomic E-state index is 5.95. The summed E-state index contributed by atoms with van der Waals surface area (Å²) in [6.45, 7) is 3.59. The van der Waals surface area contributed by atoms with Gasteiger partial charge in [0, 0.05) is 17.3 Å². The first kappa shape index (κ1) is 14.2. The van der Waals surface area contributed by atoms with E-state index in [4.69, 9.17) is 16.0 Å². The van der Waals surface area contributed by atoms with E-state index in [2.05, 4.69) is 9.88 Å². The molecule has 108 valence electrons. The third kappa shape index (κ3) is 3.68. The summed E-state index contributed by atoms with van der Waals surface area (Å²) >= 11 is 7.64. The lowest BCUT2D eigenvalue weighted by Gasteiger charge is -2.18. The van der Waals surface area contributed by atoms with Gasteiger partial charge in [0.2, 0.25) is 0 Å². The van der Waals surface area contributed by atoms with Crippen LogP contribution in [0.25, 0.3) is 11.1 Å². The van der Waals surface area contributed by atoms with E-state index in [1.54, 1.807) is 11.8 Å². The molecule has 1 saturated heterocycles. The average molecular weight is 311 g/mol. The maximum absolute atomic E-state index is 5.95. The molecule has 0 amide bonds. The van der Waals surface area contributed by atoms with Crippen LogP contribution in [0, 0.1) is 0 Å². The van der Waals surface area contributed by atoms with Gasteiger partial charge in [0.25, 0.3) is 5.22 Å². The molecule has 1 aliphatic rings. The molecule has 3 rings (SSSR count). The summed E-state index contributed by atoms with van der Waals surface area (Å²) in [6, 6.07) is 5.56. The van der Waals surface area contributed by atoms with Gasteiger partial charge in [-0.05, 0) is 44.1 Å². The second-order valence-electron chi connectivity index (χ2n) is 5.20. The van der Waals surface area contributed by atoms with Gasteiger partial charge in [-0.15, -0.1) is 0 Å². The molecule has 20 heavy (non-hydrogen) atoms. The summed E-state index contributed by atoms with van der Waals surface area (Å²) in [6.07, 6.45) is 5.45. The van der Waals surface area contributed by atoms with Crippen molar-refractivity contribution in [3.05, 3.63) is 23.2 Å². The van der Waals surface area contributed by atoms with Crippen LogP contribution in [-0.4, -0.2) is 35.3 Å². The third-order valence-corrected chi connectivity index (χ3v) is 4.71. The van der Waals surface area contributed by atoms with Crippen molar-refractivity contribution >= 4 is 34.5 Å². The Morgan fingerprint density at radius 2 is 2.00 bits per heavy atom. The zero-order chi connectivity index (χ0) is 13.8. The Morgan fingerprint density at radius 3 is 2.80 bits per heavy atom. The van der Waals surface area contributed by atoms with E-state index in [0.29, 0.717) is 5.02 Å². The number of fused-ring (bicyclic) bond motifs is 1. The number of rotatable bonds is 4. The van der Waals surface area contributed by atoms with Crippen LogP contribution in [0.15, 0.2) is 27.8 Å². The third-order valence-electron chi connectivity index (χ3n) is 3.66. The molecule has 2 aromatic rings. The highest BCUT2D eigenvalue weighted by molar-refractivity contribution is 7.99. The number of aromatic nitrogens is 1. The topological polar surface area (TPSA) is 29.3 Å². The van der Waals surface area contributed by atoms with Gasteiger partial charge >= 0.3 is 0 Å². The molecule has 0 atom stereocenters. The molecular formula is C15H19ClN2OS. The van der Waals surface area contributed by atoms with E-state index in [1.165, 1.54) is 38.8 Å². The van der Waals surface area contributed by atoms with Crippen LogP contribution >= 0.6 is 23.4 Å². The fraction of sp³-hybridized carbons (Fsp3) is 0.533. The predicted octanol–water partition coefficient (Wildman–Crippen LogP) is 4.45. The minimum absolute atomic E-state index is 0.701. The van der Waals surface area contributed by atoms with Gasteiger partial charge in [-0.3, -0.25) is 0 Å². The van der Waals surface area contributed by atoms with Crippen molar-refractivity contribution < 1.29 is 4.42 Å². The van der Waals surface area contributed by atoms with E-state index in [9.17, 15) is 0 Å². The van der Waals surface area contributed by atoms with Crippen LogP contribution < -0.4 is 0 Å². The zero-order valence-corrected chi connectivity index (χ0v) is 13.1. The molecule has 1 fully saturated rings. The number of hydrogen-bond donors (Lipinski definition) is 0. The summed E-state index contributed by atoms with van der Waals surface area (Å²) in [5, 5.41) is 1.45. The molecule has 0 aliphatic carbocycles. The molecule has 5 heteroatoms. The van der Waals surface area contributed by atoms with Gasteiger partial charge in [0.05, 0.1) is 0 Å². The fourth-order valence-electron chi connectivity index (χ4n) is 2.56. The maximum Gasteiger partial charge on any atom is 0.256 e. The number of oxazole rings is 1. The highest BCUT2D eigenvalue weighted by Crippen LogP contribution is 2.25. The molecule has 0 bridgehead atoms. The van der Waals surface area contributed by atoms with Gasteiger partial charge in [-0.25, -0.2) is 4.98 Å². The van der Waals surface area contributed by atoms with E-state index in [0.717, 1.165) is 28.6 Å². The van der Waals surface area contributed by atoms with Gasteiger partial charge < -0.3 is 9.32 Å². The Hall–Kier alpha value is -0.710. The van der Waals surface area contributed by atoms with E-state index >= 15 is 0 Å². The largest absolute Gasteiger partial charge is 0.431 e. The Kier molecular flexibility index (Phi) is 4.86. The molecule has 0 unspecified atom stereocenters. The fourth-order valence-corrected chi connectivity index (χ4v) is 3.57. The lowest BCUT2D eigenvalue weighted by atomic mass is 10.2. The summed E-state index contributed by atoms with van der Waals surface area (Å²) < 4.78 is 5.71. The molecule has 1 aromatic heterocycles. The molecule has 1 aliphatic heterocycles. The molecule has 0 radical (unpaired) electrons. The first-order valence-corrected chi connectivity index (χ1v) is 8.59. The number of hydrogen-bond acceptors (Lipinski definition) is 4. The number of thioether (sulfide) groups is 1. The second kappa shape index (κ2) is 6.83. The molecule has 0 spiro atoms. The number of benzene rings is 1. The van der Waals surface area contributed by atoms with Gasteiger partial charge in [-0.2, -0.15) is 0 Å². The molecule has 2 heterocycles. The van der Waals surface area contributed by atoms with Crippen LogP contribution in [0.3, 0.4) is 0 Å². The van der Waals surface area contributed by atoms with Crippen LogP contribution in [0.5, 0.6) is 0 Å². The van der Waals surface area contributed by atoms with Gasteiger partial charge in [-0.1, -0.05) is 36.2 Å². The average Bonchev–Trinajstić information content (AvgIpc) is 2.66. The summed E-state index contributed by atoms with van der Waals surface area (Å²) in [5.41, 5.74) is 1.65. The predicted molar refractivity (Wildman–Crippen MR) is 84.7 cm³/mol. The molecule has 3 nitrogen and oxygen atoms in total. The highest BCUT2D eigenvalue weighted by Gasteiger charge is 2.10. The van der Waals surface area contributed by atoms with Crippen molar-refractivity contribution in [3.63, 3.8) is 0 Å². The summed E-state index contributed by atoms with van der Waals surface area (Å²) in [7, 11) is 0. The van der Waals surface area contributed by atoms with E-state index < -0.39 is 0 Å². The SMILES string of the molecule is Clc1ccc2oc(SCCN3CCCCCC3)nc2c1. The Bertz CT molecular complexity index is 564. The highest BCUT2D eigenvalue weighted by atomic mass is 35.5. The van der Waals surface area contributed by atoms with Crippen molar-refractivity contribution in [1.29, 1.82) is 0 Å². The van der Waals surface area contributed by atoms with Crippen LogP contribution in [0.2, 0.25) is 5.02 Å². The van der Waals surface area contributed by atoms with Crippen LogP contribution in [0.1, 0.15) is 25.7 Å². The van der Waals surface area contributed by atoms with E-state index in [1.807, 2.05) is 18.2 Å². The Labute approximate surface area is 128 Å². The van der Waals surface area contributed by atoms with Crippen molar-refractivity contribution in [1.82, 2.24) is 9.88 Å². The lowest BCUT2D eigenvalue weighted by molar-refractivity contribution is 0.303. The minimum atomic E-state index is 0.701. The van der Waals surface area contributed by atoms with Crippen molar-refractivity contribution in [2.24, 2.45) is 0 Å². The van der Waals surface area contributed by atoms with Gasteiger partial charge in [0.1, 0.15) is 5.52 Å². The molecular weight excluding hydrogens is 292 g/mol. The number of likely N-dealkylation sites (tertiary alicyclic amines) is 1. The Balaban J connectivity index is 1.54. The number of halogens is 1. The first-order valence-electron chi connectivity index (χ1n) is 7.22. The standard InChI is InChI=1S/C15H19ClN2OS/c16-12-5-6-14-13(11-12)17-15(19-14)20-10-9-18-7-3-1-2-4-8-18/h5-6,11H,1-4,7-10H2. The molecule has 0 N–H and O–H groups in total. The summed E-state index contributed by atoms with van der Waals surface area (Å²) in [5.74, 6) is 1.03. The van der Waals surface area contributed by atoms with Crippen molar-refractivity contribution in [3.8, 4) is 0 Å². The molecule has 0 saturated carbocycles. The van der Waals surface area contributed by atoms with Crippen molar-refractivity contribution in [2.45, 2.75) is 30.9 Å². The second-order valence-corrected chi connectivity index (χ2v) is 6.68. The zero-order valence-electron chi connectivity index (χ0n) is 11.5. The first-order chi connectivity index (χ1) is 9.81. The van der Waals surface area contributed by atoms with E-state index in [-0.39, 0.29) is 0 Å². The van der Waals surface area contributed by atoms with Gasteiger partial charge in [0.15, 0.2) is 5.58 Å².